The molecule has 3 aromatic rings. The van der Waals surface area contributed by atoms with Gasteiger partial charge in [0.1, 0.15) is 16.9 Å². The van der Waals surface area contributed by atoms with Crippen LogP contribution in [0.4, 0.5) is 10.5 Å². The van der Waals surface area contributed by atoms with Gasteiger partial charge in [-0.1, -0.05) is 35.9 Å². The van der Waals surface area contributed by atoms with E-state index in [9.17, 15) is 14.4 Å². The van der Waals surface area contributed by atoms with E-state index in [0.717, 1.165) is 6.42 Å². The van der Waals surface area contributed by atoms with Crippen molar-refractivity contribution < 1.29 is 19.1 Å². The van der Waals surface area contributed by atoms with E-state index in [-0.39, 0.29) is 41.7 Å². The Morgan fingerprint density at radius 1 is 1.10 bits per heavy atom. The number of carbonyl (C=O) groups excluding carboxylic acids is 3. The molecule has 2 bridgehead atoms. The minimum absolute atomic E-state index is 0.122. The zero-order valence-electron chi connectivity index (χ0n) is 23.8. The van der Waals surface area contributed by atoms with E-state index in [1.807, 2.05) is 32.9 Å². The van der Waals surface area contributed by atoms with Crippen molar-refractivity contribution in [3.63, 3.8) is 0 Å². The van der Waals surface area contributed by atoms with Crippen LogP contribution in [-0.4, -0.2) is 80.5 Å². The Hall–Kier alpha value is -4.12. The van der Waals surface area contributed by atoms with Gasteiger partial charge < -0.3 is 30.6 Å². The molecular weight excluding hydrogens is 558 g/mol. The van der Waals surface area contributed by atoms with E-state index in [0.29, 0.717) is 65.0 Å². The van der Waals surface area contributed by atoms with Gasteiger partial charge in [-0.3, -0.25) is 9.59 Å². The number of nitrogens with two attached hydrogens (primary N) is 1. The van der Waals surface area contributed by atoms with Crippen LogP contribution in [0.15, 0.2) is 42.6 Å². The number of primary amides is 1. The number of aromatic amines is 1. The lowest BCUT2D eigenvalue weighted by molar-refractivity contribution is -0.122. The number of rotatable bonds is 5. The van der Waals surface area contributed by atoms with Gasteiger partial charge in [-0.2, -0.15) is 0 Å². The third-order valence-electron chi connectivity index (χ3n) is 8.17. The Labute approximate surface area is 248 Å². The molecule has 0 radical (unpaired) electrons. The third kappa shape index (κ3) is 5.29. The van der Waals surface area contributed by atoms with Crippen molar-refractivity contribution in [1.82, 2.24) is 24.8 Å². The molecule has 0 unspecified atom stereocenters. The lowest BCUT2D eigenvalue weighted by Crippen LogP contribution is -2.51. The first kappa shape index (κ1) is 28.0. The molecule has 1 saturated heterocycles. The highest BCUT2D eigenvalue weighted by atomic mass is 35.5. The van der Waals surface area contributed by atoms with Crippen LogP contribution in [0.25, 0.3) is 22.6 Å². The van der Waals surface area contributed by atoms with Crippen LogP contribution in [0.3, 0.4) is 0 Å². The summed E-state index contributed by atoms with van der Waals surface area (Å²) in [6, 6.07) is 7.05. The molecule has 220 valence electrons. The van der Waals surface area contributed by atoms with Crippen molar-refractivity contribution in [3.8, 4) is 11.4 Å². The Balaban J connectivity index is 1.20. The lowest BCUT2D eigenvalue weighted by Gasteiger charge is -2.35. The highest BCUT2D eigenvalue weighted by Gasteiger charge is 2.47. The maximum absolute atomic E-state index is 13.4. The first-order chi connectivity index (χ1) is 20.0. The first-order valence-corrected chi connectivity index (χ1v) is 14.5. The number of carbonyl (C=O) groups is 3. The summed E-state index contributed by atoms with van der Waals surface area (Å²) in [5.74, 6) is 0.0524. The maximum Gasteiger partial charge on any atom is 0.410 e. The van der Waals surface area contributed by atoms with Gasteiger partial charge in [0.05, 0.1) is 22.8 Å². The van der Waals surface area contributed by atoms with Gasteiger partial charge in [-0.05, 0) is 51.2 Å². The highest BCUT2D eigenvalue weighted by molar-refractivity contribution is 6.34. The molecular formula is C30H34ClN7O4. The minimum atomic E-state index is -0.571. The summed E-state index contributed by atoms with van der Waals surface area (Å²) in [6.45, 7) is 7.12. The number of allylic oxidation sites excluding steroid dienone is 1. The average Bonchev–Trinajstić information content (AvgIpc) is 3.68. The third-order valence-corrected chi connectivity index (χ3v) is 8.45. The van der Waals surface area contributed by atoms with Gasteiger partial charge in [0.15, 0.2) is 5.65 Å². The van der Waals surface area contributed by atoms with Crippen LogP contribution >= 0.6 is 11.6 Å². The molecule has 12 heteroatoms. The normalized spacial score (nSPS) is 23.4. The number of fused-ring (bicyclic) bond motifs is 3. The van der Waals surface area contributed by atoms with Crippen molar-refractivity contribution in [1.29, 1.82) is 0 Å². The number of piperazine rings is 1. The molecule has 3 amide bonds. The zero-order valence-corrected chi connectivity index (χ0v) is 24.5. The molecule has 1 aromatic carbocycles. The van der Waals surface area contributed by atoms with Crippen molar-refractivity contribution >= 4 is 46.4 Å². The molecule has 11 nitrogen and oxygen atoms in total. The summed E-state index contributed by atoms with van der Waals surface area (Å²) in [5.41, 5.74) is 8.08. The van der Waals surface area contributed by atoms with E-state index >= 15 is 0 Å². The number of amides is 3. The molecule has 42 heavy (non-hydrogen) atoms. The first-order valence-electron chi connectivity index (χ1n) is 14.1. The molecule has 1 saturated carbocycles. The molecule has 2 fully saturated rings. The molecule has 2 aromatic heterocycles. The second kappa shape index (κ2) is 10.6. The average molecular weight is 592 g/mol. The number of hydrogen-bond donors (Lipinski definition) is 3. The maximum atomic E-state index is 13.4. The molecule has 3 aliphatic rings. The van der Waals surface area contributed by atoms with E-state index in [1.54, 1.807) is 28.1 Å². The van der Waals surface area contributed by atoms with Crippen molar-refractivity contribution in [2.24, 2.45) is 23.5 Å². The van der Waals surface area contributed by atoms with Crippen LogP contribution in [0.2, 0.25) is 5.02 Å². The van der Waals surface area contributed by atoms with Crippen molar-refractivity contribution in [3.05, 3.63) is 53.2 Å². The smallest absolute Gasteiger partial charge is 0.410 e. The van der Waals surface area contributed by atoms with E-state index in [2.05, 4.69) is 27.4 Å². The fraction of sp³-hybridized carbons (Fsp3) is 0.433. The fourth-order valence-corrected chi connectivity index (χ4v) is 6.37. The Kier molecular flexibility index (Phi) is 7.08. The standard InChI is InChI=1S/C30H34ClN7O4/c1-30(2,3)42-29(41)38-11-9-37(10-12-38)28(40)19-6-4-5-18(14-19)26-35-24-23(20(31)15-33-27(24)36-26)34-22-17-8-7-16(13-17)21(22)25(32)39/h4-8,14-17,21-22H,9-13H2,1-3H3,(H2,32,39)(H2,33,34,35,36)/t16-,17-,21-,22-/m1/s1. The lowest BCUT2D eigenvalue weighted by atomic mass is 9.88. The molecule has 2 aliphatic carbocycles. The Morgan fingerprint density at radius 3 is 2.52 bits per heavy atom. The van der Waals surface area contributed by atoms with Crippen LogP contribution < -0.4 is 11.1 Å². The molecule has 4 atom stereocenters. The summed E-state index contributed by atoms with van der Waals surface area (Å²) in [7, 11) is 0. The summed E-state index contributed by atoms with van der Waals surface area (Å²) in [6.07, 6.45) is 6.26. The highest BCUT2D eigenvalue weighted by Crippen LogP contribution is 2.46. The number of hydrogen-bond acceptors (Lipinski definition) is 7. The van der Waals surface area contributed by atoms with Gasteiger partial charge in [0.25, 0.3) is 5.91 Å². The molecule has 4 N–H and O–H groups in total. The molecule has 6 rings (SSSR count). The van der Waals surface area contributed by atoms with E-state index in [4.69, 9.17) is 27.1 Å². The number of halogens is 1. The van der Waals surface area contributed by atoms with Gasteiger partial charge >= 0.3 is 6.09 Å². The van der Waals surface area contributed by atoms with Crippen molar-refractivity contribution in [2.45, 2.75) is 38.8 Å². The number of anilines is 1. The predicted octanol–water partition coefficient (Wildman–Crippen LogP) is 4.06. The zero-order chi connectivity index (χ0) is 29.8. The number of imidazole rings is 1. The summed E-state index contributed by atoms with van der Waals surface area (Å²) in [5, 5.41) is 3.87. The SMILES string of the molecule is CC(C)(C)OC(=O)N1CCN(C(=O)c2cccc(-c3nc4c(N[C@H]5[C@H](C(N)=O)[C@@H]6C=C[C@@H]5C6)c(Cl)cnc4[nH]3)c2)CC1. The predicted molar refractivity (Wildman–Crippen MR) is 159 cm³/mol. The number of nitrogens with one attached hydrogen (secondary N) is 2. The van der Waals surface area contributed by atoms with E-state index < -0.39 is 5.60 Å². The summed E-state index contributed by atoms with van der Waals surface area (Å²) >= 11 is 6.58. The quantitative estimate of drug-likeness (QED) is 0.379. The van der Waals surface area contributed by atoms with Gasteiger partial charge in [0, 0.05) is 43.3 Å². The van der Waals surface area contributed by atoms with Crippen LogP contribution in [0, 0.1) is 17.8 Å². The minimum Gasteiger partial charge on any atom is -0.444 e. The van der Waals surface area contributed by atoms with Crippen LogP contribution in [0.1, 0.15) is 37.6 Å². The number of ether oxygens (including phenoxy) is 1. The number of benzene rings is 1. The fourth-order valence-electron chi connectivity index (χ4n) is 6.18. The topological polar surface area (TPSA) is 147 Å². The van der Waals surface area contributed by atoms with Crippen LogP contribution in [-0.2, 0) is 9.53 Å². The van der Waals surface area contributed by atoms with Crippen molar-refractivity contribution in [2.75, 3.05) is 31.5 Å². The second-order valence-corrected chi connectivity index (χ2v) is 12.6. The Bertz CT molecular complexity index is 1590. The van der Waals surface area contributed by atoms with Gasteiger partial charge in [0.2, 0.25) is 5.91 Å². The molecule has 3 heterocycles. The summed E-state index contributed by atoms with van der Waals surface area (Å²) in [4.78, 5) is 53.9. The Morgan fingerprint density at radius 2 is 1.81 bits per heavy atom. The van der Waals surface area contributed by atoms with Crippen LogP contribution in [0.5, 0.6) is 0 Å². The summed E-state index contributed by atoms with van der Waals surface area (Å²) < 4.78 is 5.46. The number of aromatic nitrogens is 3. The van der Waals surface area contributed by atoms with Gasteiger partial charge in [-0.15, -0.1) is 0 Å². The second-order valence-electron chi connectivity index (χ2n) is 12.2. The van der Waals surface area contributed by atoms with Gasteiger partial charge in [-0.25, -0.2) is 14.8 Å². The number of pyridine rings is 1. The molecule has 0 spiro atoms. The number of H-pyrrole nitrogens is 1. The largest absolute Gasteiger partial charge is 0.444 e. The van der Waals surface area contributed by atoms with E-state index in [1.165, 1.54) is 0 Å². The number of nitrogens with zero attached hydrogens (tertiary/aromatic N) is 4. The molecule has 1 aliphatic heterocycles. The monoisotopic (exact) mass is 591 g/mol.